The molecule has 1 aromatic carbocycles. The van der Waals surface area contributed by atoms with Crippen LogP contribution in [-0.2, 0) is 0 Å². The second-order valence-corrected chi connectivity index (χ2v) is 4.92. The highest BCUT2D eigenvalue weighted by molar-refractivity contribution is 5.94. The fourth-order valence-electron chi connectivity index (χ4n) is 2.42. The lowest BCUT2D eigenvalue weighted by atomic mass is 9.86. The van der Waals surface area contributed by atoms with Gasteiger partial charge in [0.25, 0.3) is 5.91 Å². The first kappa shape index (κ1) is 13.9. The molecule has 1 aliphatic rings. The first-order chi connectivity index (χ1) is 9.09. The summed E-state index contributed by atoms with van der Waals surface area (Å²) in [7, 11) is 0. The van der Waals surface area contributed by atoms with Gasteiger partial charge in [-0.1, -0.05) is 18.9 Å². The molecule has 2 unspecified atom stereocenters. The molecular formula is C14H17F2NO2. The molecule has 2 atom stereocenters. The number of aliphatic hydroxyl groups excluding tert-OH is 1. The van der Waals surface area contributed by atoms with Crippen LogP contribution in [0, 0.1) is 17.6 Å². The molecule has 0 bridgehead atoms. The minimum Gasteiger partial charge on any atom is -0.393 e. The summed E-state index contributed by atoms with van der Waals surface area (Å²) in [5.41, 5.74) is -0.301. The van der Waals surface area contributed by atoms with E-state index in [0.29, 0.717) is 0 Å². The summed E-state index contributed by atoms with van der Waals surface area (Å²) >= 11 is 0. The summed E-state index contributed by atoms with van der Waals surface area (Å²) < 4.78 is 26.4. The van der Waals surface area contributed by atoms with Crippen LogP contribution in [0.4, 0.5) is 8.78 Å². The van der Waals surface area contributed by atoms with Crippen molar-refractivity contribution >= 4 is 5.91 Å². The van der Waals surface area contributed by atoms with Crippen molar-refractivity contribution in [3.8, 4) is 0 Å². The second-order valence-electron chi connectivity index (χ2n) is 4.92. The van der Waals surface area contributed by atoms with E-state index in [1.165, 1.54) is 12.1 Å². The average molecular weight is 269 g/mol. The maximum atomic E-state index is 13.4. The molecule has 1 aromatic rings. The van der Waals surface area contributed by atoms with Crippen LogP contribution >= 0.6 is 0 Å². The van der Waals surface area contributed by atoms with Gasteiger partial charge in [-0.05, 0) is 25.0 Å². The third-order valence-electron chi connectivity index (χ3n) is 3.59. The third kappa shape index (κ3) is 3.29. The SMILES string of the molecule is O=C(NCC1CCCCC1O)c1cccc(F)c1F. The van der Waals surface area contributed by atoms with Crippen molar-refractivity contribution in [2.45, 2.75) is 31.8 Å². The van der Waals surface area contributed by atoms with Gasteiger partial charge in [0.1, 0.15) is 0 Å². The number of halogens is 2. The van der Waals surface area contributed by atoms with Gasteiger partial charge in [-0.3, -0.25) is 4.79 Å². The highest BCUT2D eigenvalue weighted by Crippen LogP contribution is 2.23. The smallest absolute Gasteiger partial charge is 0.254 e. The van der Waals surface area contributed by atoms with E-state index in [-0.39, 0.29) is 18.0 Å². The van der Waals surface area contributed by atoms with E-state index in [1.807, 2.05) is 0 Å². The van der Waals surface area contributed by atoms with E-state index in [1.54, 1.807) is 0 Å². The molecule has 0 radical (unpaired) electrons. The lowest BCUT2D eigenvalue weighted by molar-refractivity contribution is 0.0662. The van der Waals surface area contributed by atoms with Crippen LogP contribution < -0.4 is 5.32 Å². The lowest BCUT2D eigenvalue weighted by Crippen LogP contribution is -2.37. The van der Waals surface area contributed by atoms with Crippen LogP contribution in [0.3, 0.4) is 0 Å². The fourth-order valence-corrected chi connectivity index (χ4v) is 2.42. The van der Waals surface area contributed by atoms with Crippen molar-refractivity contribution < 1.29 is 18.7 Å². The Kier molecular flexibility index (Phi) is 4.47. The normalized spacial score (nSPS) is 23.1. The Morgan fingerprint density at radius 1 is 1.32 bits per heavy atom. The summed E-state index contributed by atoms with van der Waals surface area (Å²) in [6.07, 6.45) is 3.16. The number of rotatable bonds is 3. The highest BCUT2D eigenvalue weighted by atomic mass is 19.2. The molecule has 1 amide bonds. The summed E-state index contributed by atoms with van der Waals surface area (Å²) in [6, 6.07) is 3.50. The minimum atomic E-state index is -1.14. The van der Waals surface area contributed by atoms with E-state index in [2.05, 4.69) is 5.32 Å². The van der Waals surface area contributed by atoms with Crippen LogP contribution in [0.2, 0.25) is 0 Å². The Balaban J connectivity index is 1.95. The Labute approximate surface area is 110 Å². The molecule has 1 saturated carbocycles. The molecule has 19 heavy (non-hydrogen) atoms. The Bertz CT molecular complexity index is 465. The van der Waals surface area contributed by atoms with Gasteiger partial charge in [0, 0.05) is 12.5 Å². The molecule has 0 aromatic heterocycles. The van der Waals surface area contributed by atoms with E-state index < -0.39 is 23.6 Å². The number of nitrogens with one attached hydrogen (secondary N) is 1. The number of benzene rings is 1. The van der Waals surface area contributed by atoms with Gasteiger partial charge < -0.3 is 10.4 Å². The predicted octanol–water partition coefficient (Wildman–Crippen LogP) is 2.25. The molecule has 1 aliphatic carbocycles. The highest BCUT2D eigenvalue weighted by Gasteiger charge is 2.24. The molecule has 0 aliphatic heterocycles. The van der Waals surface area contributed by atoms with Crippen LogP contribution in [0.5, 0.6) is 0 Å². The van der Waals surface area contributed by atoms with Crippen LogP contribution in [0.15, 0.2) is 18.2 Å². The van der Waals surface area contributed by atoms with Crippen molar-refractivity contribution in [1.82, 2.24) is 5.32 Å². The van der Waals surface area contributed by atoms with Crippen LogP contribution in [0.25, 0.3) is 0 Å². The monoisotopic (exact) mass is 269 g/mol. The summed E-state index contributed by atoms with van der Waals surface area (Å²) in [6.45, 7) is 0.288. The topological polar surface area (TPSA) is 49.3 Å². The van der Waals surface area contributed by atoms with Gasteiger partial charge in [-0.15, -0.1) is 0 Å². The number of carbonyl (C=O) groups excluding carboxylic acids is 1. The van der Waals surface area contributed by atoms with Crippen molar-refractivity contribution in [2.24, 2.45) is 5.92 Å². The molecule has 2 rings (SSSR count). The van der Waals surface area contributed by atoms with E-state index in [0.717, 1.165) is 31.7 Å². The van der Waals surface area contributed by atoms with Crippen LogP contribution in [-0.4, -0.2) is 23.7 Å². The molecule has 5 heteroatoms. The average Bonchev–Trinajstić information content (AvgIpc) is 2.40. The summed E-state index contributed by atoms with van der Waals surface area (Å²) in [4.78, 5) is 11.8. The Morgan fingerprint density at radius 2 is 2.05 bits per heavy atom. The largest absolute Gasteiger partial charge is 0.393 e. The molecular weight excluding hydrogens is 252 g/mol. The summed E-state index contributed by atoms with van der Waals surface area (Å²) in [5.74, 6) is -2.82. The fraction of sp³-hybridized carbons (Fsp3) is 0.500. The van der Waals surface area contributed by atoms with Gasteiger partial charge in [-0.25, -0.2) is 8.78 Å². The van der Waals surface area contributed by atoms with E-state index in [4.69, 9.17) is 0 Å². The maximum absolute atomic E-state index is 13.4. The molecule has 3 nitrogen and oxygen atoms in total. The second kappa shape index (κ2) is 6.10. The van der Waals surface area contributed by atoms with Gasteiger partial charge >= 0.3 is 0 Å². The van der Waals surface area contributed by atoms with Gasteiger partial charge in [-0.2, -0.15) is 0 Å². The van der Waals surface area contributed by atoms with Crippen molar-refractivity contribution in [2.75, 3.05) is 6.54 Å². The molecule has 0 saturated heterocycles. The van der Waals surface area contributed by atoms with E-state index in [9.17, 15) is 18.7 Å². The quantitative estimate of drug-likeness (QED) is 0.884. The molecule has 0 spiro atoms. The number of hydrogen-bond acceptors (Lipinski definition) is 2. The summed E-state index contributed by atoms with van der Waals surface area (Å²) in [5, 5.41) is 12.3. The maximum Gasteiger partial charge on any atom is 0.254 e. The third-order valence-corrected chi connectivity index (χ3v) is 3.59. The molecule has 104 valence electrons. The van der Waals surface area contributed by atoms with Crippen molar-refractivity contribution in [3.63, 3.8) is 0 Å². The number of carbonyl (C=O) groups is 1. The number of amides is 1. The Hall–Kier alpha value is -1.49. The van der Waals surface area contributed by atoms with Crippen molar-refractivity contribution in [3.05, 3.63) is 35.4 Å². The minimum absolute atomic E-state index is 0.00526. The first-order valence-electron chi connectivity index (χ1n) is 6.50. The molecule has 0 heterocycles. The molecule has 2 N–H and O–H groups in total. The number of hydrogen-bond donors (Lipinski definition) is 2. The van der Waals surface area contributed by atoms with Gasteiger partial charge in [0.15, 0.2) is 11.6 Å². The van der Waals surface area contributed by atoms with E-state index >= 15 is 0 Å². The Morgan fingerprint density at radius 3 is 2.79 bits per heavy atom. The zero-order valence-corrected chi connectivity index (χ0v) is 10.5. The zero-order valence-electron chi connectivity index (χ0n) is 10.5. The molecule has 1 fully saturated rings. The lowest BCUT2D eigenvalue weighted by Gasteiger charge is -2.27. The van der Waals surface area contributed by atoms with Crippen molar-refractivity contribution in [1.29, 1.82) is 0 Å². The zero-order chi connectivity index (χ0) is 13.8. The first-order valence-corrected chi connectivity index (χ1v) is 6.50. The predicted molar refractivity (Wildman–Crippen MR) is 66.7 cm³/mol. The van der Waals surface area contributed by atoms with Crippen LogP contribution in [0.1, 0.15) is 36.0 Å². The number of aliphatic hydroxyl groups is 1. The van der Waals surface area contributed by atoms with Gasteiger partial charge in [0.05, 0.1) is 11.7 Å². The standard InChI is InChI=1S/C14H17F2NO2/c15-11-6-3-5-10(13(11)16)14(19)17-8-9-4-1-2-7-12(9)18/h3,5-6,9,12,18H,1-2,4,7-8H2,(H,17,19). The van der Waals surface area contributed by atoms with Gasteiger partial charge in [0.2, 0.25) is 0 Å².